The molecule has 1 fully saturated rings. The predicted molar refractivity (Wildman–Crippen MR) is 110 cm³/mol. The van der Waals surface area contributed by atoms with Gasteiger partial charge in [0.25, 0.3) is 0 Å². The predicted octanol–water partition coefficient (Wildman–Crippen LogP) is 4.07. The monoisotopic (exact) mass is 362 g/mol. The number of nitrogens with zero attached hydrogens (tertiary/aromatic N) is 2. The number of phenolic OH excluding ortho intramolecular Hbond substituents is 1. The second-order valence-corrected chi connectivity index (χ2v) is 8.23. The molecule has 0 amide bonds. The second-order valence-electron chi connectivity index (χ2n) is 8.23. The van der Waals surface area contributed by atoms with E-state index in [0.717, 1.165) is 41.8 Å². The normalized spacial score (nSPS) is 17.4. The van der Waals surface area contributed by atoms with Gasteiger partial charge in [0.05, 0.1) is 11.1 Å². The summed E-state index contributed by atoms with van der Waals surface area (Å²) in [5.41, 5.74) is 2.66. The Kier molecular flexibility index (Phi) is 4.48. The van der Waals surface area contributed by atoms with Crippen LogP contribution in [0.25, 0.3) is 22.3 Å². The van der Waals surface area contributed by atoms with Crippen LogP contribution < -0.4 is 10.6 Å². The molecule has 1 saturated heterocycles. The highest BCUT2D eigenvalue weighted by Crippen LogP contribution is 2.34. The second kappa shape index (κ2) is 6.82. The van der Waals surface area contributed by atoms with Crippen LogP contribution in [-0.2, 0) is 5.41 Å². The molecule has 0 bridgehead atoms. The molecule has 2 aromatic carbocycles. The average Bonchev–Trinajstić information content (AvgIpc) is 3.14. The van der Waals surface area contributed by atoms with Gasteiger partial charge in [-0.3, -0.25) is 0 Å². The van der Waals surface area contributed by atoms with Gasteiger partial charge in [0.1, 0.15) is 11.6 Å². The standard InChI is InChI=1S/C22H26N4O/c1-22(2,3)14-8-9-19(27)17(12-14)21-25-18-7-5-4-6-16(18)20(26-21)24-15-10-11-23-13-15/h4-9,12,15,23,27H,10-11,13H2,1-3H3,(H,24,25,26). The number of benzene rings is 2. The van der Waals surface area contributed by atoms with Crippen LogP contribution in [0, 0.1) is 0 Å². The van der Waals surface area contributed by atoms with Gasteiger partial charge in [-0.25, -0.2) is 9.97 Å². The minimum absolute atomic E-state index is 0.0180. The van der Waals surface area contributed by atoms with Crippen molar-refractivity contribution in [3.63, 3.8) is 0 Å². The summed E-state index contributed by atoms with van der Waals surface area (Å²) in [6.45, 7) is 8.42. The average molecular weight is 362 g/mol. The first-order valence-corrected chi connectivity index (χ1v) is 9.50. The Labute approximate surface area is 159 Å². The fourth-order valence-corrected chi connectivity index (χ4v) is 3.46. The molecule has 2 heterocycles. The number of aromatic hydroxyl groups is 1. The molecule has 5 nitrogen and oxygen atoms in total. The summed E-state index contributed by atoms with van der Waals surface area (Å²) in [5.74, 6) is 1.57. The number of hydrogen-bond acceptors (Lipinski definition) is 5. The highest BCUT2D eigenvalue weighted by molar-refractivity contribution is 5.91. The highest BCUT2D eigenvalue weighted by atomic mass is 16.3. The number of phenols is 1. The van der Waals surface area contributed by atoms with Crippen molar-refractivity contribution in [2.45, 2.75) is 38.6 Å². The number of aromatic nitrogens is 2. The molecule has 0 spiro atoms. The summed E-state index contributed by atoms with van der Waals surface area (Å²) in [7, 11) is 0. The Hall–Kier alpha value is -2.66. The molecule has 0 saturated carbocycles. The van der Waals surface area contributed by atoms with Gasteiger partial charge in [-0.1, -0.05) is 39.0 Å². The topological polar surface area (TPSA) is 70.1 Å². The molecular formula is C22H26N4O. The Morgan fingerprint density at radius 2 is 1.93 bits per heavy atom. The third kappa shape index (κ3) is 3.60. The molecule has 1 aliphatic heterocycles. The van der Waals surface area contributed by atoms with Crippen molar-refractivity contribution in [3.8, 4) is 17.1 Å². The molecule has 1 unspecified atom stereocenters. The largest absolute Gasteiger partial charge is 0.507 e. The zero-order chi connectivity index (χ0) is 19.0. The van der Waals surface area contributed by atoms with Gasteiger partial charge in [0, 0.05) is 18.0 Å². The minimum Gasteiger partial charge on any atom is -0.507 e. The van der Waals surface area contributed by atoms with Crippen molar-refractivity contribution in [2.75, 3.05) is 18.4 Å². The van der Waals surface area contributed by atoms with Gasteiger partial charge in [-0.15, -0.1) is 0 Å². The third-order valence-corrected chi connectivity index (χ3v) is 5.11. The molecule has 3 N–H and O–H groups in total. The Morgan fingerprint density at radius 1 is 1.11 bits per heavy atom. The minimum atomic E-state index is -0.0180. The van der Waals surface area contributed by atoms with E-state index < -0.39 is 0 Å². The maximum atomic E-state index is 10.5. The number of hydrogen-bond donors (Lipinski definition) is 3. The van der Waals surface area contributed by atoms with E-state index in [4.69, 9.17) is 9.97 Å². The molecule has 0 radical (unpaired) electrons. The molecule has 27 heavy (non-hydrogen) atoms. The zero-order valence-electron chi connectivity index (χ0n) is 16.1. The third-order valence-electron chi connectivity index (χ3n) is 5.11. The van der Waals surface area contributed by atoms with Crippen molar-refractivity contribution in [2.24, 2.45) is 0 Å². The van der Waals surface area contributed by atoms with Gasteiger partial charge in [-0.05, 0) is 48.2 Å². The van der Waals surface area contributed by atoms with Gasteiger partial charge >= 0.3 is 0 Å². The maximum absolute atomic E-state index is 10.5. The molecule has 0 aliphatic carbocycles. The number of anilines is 1. The molecule has 1 aliphatic rings. The molecular weight excluding hydrogens is 336 g/mol. The van der Waals surface area contributed by atoms with Crippen LogP contribution in [0.3, 0.4) is 0 Å². The van der Waals surface area contributed by atoms with Crippen molar-refractivity contribution in [1.29, 1.82) is 0 Å². The van der Waals surface area contributed by atoms with Crippen molar-refractivity contribution in [3.05, 3.63) is 48.0 Å². The molecule has 1 aromatic heterocycles. The summed E-state index contributed by atoms with van der Waals surface area (Å²) in [6, 6.07) is 14.1. The molecule has 140 valence electrons. The summed E-state index contributed by atoms with van der Waals surface area (Å²) in [6.07, 6.45) is 1.07. The fourth-order valence-electron chi connectivity index (χ4n) is 3.46. The maximum Gasteiger partial charge on any atom is 0.165 e. The van der Waals surface area contributed by atoms with Crippen LogP contribution in [0.15, 0.2) is 42.5 Å². The van der Waals surface area contributed by atoms with Crippen LogP contribution >= 0.6 is 0 Å². The van der Waals surface area contributed by atoms with E-state index in [1.807, 2.05) is 36.4 Å². The molecule has 4 rings (SSSR count). The van der Waals surface area contributed by atoms with Crippen molar-refractivity contribution < 1.29 is 5.11 Å². The van der Waals surface area contributed by atoms with Gasteiger partial charge in [0.15, 0.2) is 5.82 Å². The van der Waals surface area contributed by atoms with Gasteiger partial charge in [0.2, 0.25) is 0 Å². The van der Waals surface area contributed by atoms with E-state index in [0.29, 0.717) is 17.4 Å². The first-order chi connectivity index (χ1) is 12.9. The van der Waals surface area contributed by atoms with Gasteiger partial charge < -0.3 is 15.7 Å². The van der Waals surface area contributed by atoms with Crippen LogP contribution in [0.1, 0.15) is 32.8 Å². The van der Waals surface area contributed by atoms with E-state index in [9.17, 15) is 5.11 Å². The Balaban J connectivity index is 1.85. The lowest BCUT2D eigenvalue weighted by Crippen LogP contribution is -2.23. The van der Waals surface area contributed by atoms with Crippen LogP contribution in [0.5, 0.6) is 5.75 Å². The van der Waals surface area contributed by atoms with Crippen molar-refractivity contribution in [1.82, 2.24) is 15.3 Å². The summed E-state index contributed by atoms with van der Waals surface area (Å²) < 4.78 is 0. The molecule has 5 heteroatoms. The molecule has 3 aromatic rings. The van der Waals surface area contributed by atoms with Crippen LogP contribution in [-0.4, -0.2) is 34.2 Å². The van der Waals surface area contributed by atoms with Crippen LogP contribution in [0.2, 0.25) is 0 Å². The Morgan fingerprint density at radius 3 is 2.67 bits per heavy atom. The first-order valence-electron chi connectivity index (χ1n) is 9.50. The number of nitrogens with one attached hydrogen (secondary N) is 2. The fraction of sp³-hybridized carbons (Fsp3) is 0.364. The first kappa shape index (κ1) is 17.7. The van der Waals surface area contributed by atoms with E-state index in [-0.39, 0.29) is 11.2 Å². The number of fused-ring (bicyclic) bond motifs is 1. The summed E-state index contributed by atoms with van der Waals surface area (Å²) in [4.78, 5) is 9.55. The number of rotatable bonds is 3. The van der Waals surface area contributed by atoms with Crippen LogP contribution in [0.4, 0.5) is 5.82 Å². The Bertz CT molecular complexity index is 972. The smallest absolute Gasteiger partial charge is 0.165 e. The SMILES string of the molecule is CC(C)(C)c1ccc(O)c(-c2nc(NC3CCNC3)c3ccccc3n2)c1. The van der Waals surface area contributed by atoms with Gasteiger partial charge in [-0.2, -0.15) is 0 Å². The van der Waals surface area contributed by atoms with E-state index in [2.05, 4.69) is 31.4 Å². The lowest BCUT2D eigenvalue weighted by Gasteiger charge is -2.20. The van der Waals surface area contributed by atoms with Crippen molar-refractivity contribution >= 4 is 16.7 Å². The summed E-state index contributed by atoms with van der Waals surface area (Å²) in [5, 5.41) is 18.4. The van der Waals surface area contributed by atoms with E-state index in [1.54, 1.807) is 6.07 Å². The van der Waals surface area contributed by atoms with E-state index >= 15 is 0 Å². The number of para-hydroxylation sites is 1. The highest BCUT2D eigenvalue weighted by Gasteiger charge is 2.20. The van der Waals surface area contributed by atoms with E-state index in [1.165, 1.54) is 0 Å². The zero-order valence-corrected chi connectivity index (χ0v) is 16.1. The molecule has 1 atom stereocenters. The summed E-state index contributed by atoms with van der Waals surface area (Å²) >= 11 is 0. The lowest BCUT2D eigenvalue weighted by atomic mass is 9.86. The quantitative estimate of drug-likeness (QED) is 0.655. The lowest BCUT2D eigenvalue weighted by molar-refractivity contribution is 0.475.